The number of esters is 1. The van der Waals surface area contributed by atoms with Gasteiger partial charge in [-0.15, -0.1) is 0 Å². The lowest BCUT2D eigenvalue weighted by Gasteiger charge is -2.50. The molecule has 2 aliphatic heterocycles. The largest absolute Gasteiger partial charge is 0.469 e. The van der Waals surface area contributed by atoms with Crippen molar-refractivity contribution >= 4 is 34.9 Å². The molecule has 1 N–H and O–H groups in total. The molecule has 2 aromatic rings. The molecule has 2 fully saturated rings. The van der Waals surface area contributed by atoms with E-state index >= 15 is 0 Å². The van der Waals surface area contributed by atoms with Gasteiger partial charge in [0.1, 0.15) is 5.15 Å². The number of piperidine rings is 1. The number of aromatic nitrogens is 1. The van der Waals surface area contributed by atoms with Crippen molar-refractivity contribution in [2.45, 2.75) is 37.8 Å². The van der Waals surface area contributed by atoms with Gasteiger partial charge in [0.05, 0.1) is 36.7 Å². The van der Waals surface area contributed by atoms with Gasteiger partial charge in [0, 0.05) is 25.6 Å². The fourth-order valence-corrected chi connectivity index (χ4v) is 6.15. The molecule has 5 rings (SSSR count). The third-order valence-corrected chi connectivity index (χ3v) is 7.79. The number of amides is 1. The van der Waals surface area contributed by atoms with Gasteiger partial charge in [0.2, 0.25) is 5.91 Å². The molecule has 174 valence electrons. The molecule has 3 heterocycles. The number of hydrogen-bond donors (Lipinski definition) is 1. The molecule has 5 atom stereocenters. The summed E-state index contributed by atoms with van der Waals surface area (Å²) in [4.78, 5) is 34.2. The molecule has 3 aliphatic rings. The second-order valence-electron chi connectivity index (χ2n) is 9.24. The Kier molecular flexibility index (Phi) is 6.12. The average Bonchev–Trinajstić information content (AvgIpc) is 2.82. The SMILES string of the molecule is COC(=O)[C@@H]1[C@H]2C[C@H]3c4ccccc4N(c4ccc(Cl)nc4)C(=O)CCN3C[C@@H]2CC[C@@H]1O. The lowest BCUT2D eigenvalue weighted by atomic mass is 9.65. The fraction of sp³-hybridized carbons (Fsp3) is 0.480. The van der Waals surface area contributed by atoms with Crippen LogP contribution in [0.2, 0.25) is 5.15 Å². The van der Waals surface area contributed by atoms with E-state index < -0.39 is 12.0 Å². The van der Waals surface area contributed by atoms with E-state index in [1.54, 1.807) is 17.2 Å². The van der Waals surface area contributed by atoms with Crippen LogP contribution in [0.4, 0.5) is 11.4 Å². The van der Waals surface area contributed by atoms with Gasteiger partial charge in [-0.2, -0.15) is 0 Å². The molecule has 8 heteroatoms. The lowest BCUT2D eigenvalue weighted by molar-refractivity contribution is -0.160. The Morgan fingerprint density at radius 2 is 2.03 bits per heavy atom. The molecule has 7 nitrogen and oxygen atoms in total. The van der Waals surface area contributed by atoms with Crippen molar-refractivity contribution in [2.75, 3.05) is 25.1 Å². The second-order valence-corrected chi connectivity index (χ2v) is 9.63. The number of rotatable bonds is 2. The summed E-state index contributed by atoms with van der Waals surface area (Å²) in [5, 5.41) is 11.0. The van der Waals surface area contributed by atoms with Gasteiger partial charge >= 0.3 is 5.97 Å². The summed E-state index contributed by atoms with van der Waals surface area (Å²) in [7, 11) is 1.39. The number of carbonyl (C=O) groups is 2. The molecule has 1 aromatic heterocycles. The zero-order valence-corrected chi connectivity index (χ0v) is 19.3. The Bertz CT molecular complexity index is 1050. The molecule has 33 heavy (non-hydrogen) atoms. The number of halogens is 1. The molecule has 1 aliphatic carbocycles. The van der Waals surface area contributed by atoms with Gasteiger partial charge < -0.3 is 9.84 Å². The number of nitrogens with zero attached hydrogens (tertiary/aromatic N) is 3. The van der Waals surface area contributed by atoms with Crippen LogP contribution in [0, 0.1) is 17.8 Å². The van der Waals surface area contributed by atoms with Crippen molar-refractivity contribution in [3.8, 4) is 0 Å². The minimum atomic E-state index is -0.674. The molecule has 0 spiro atoms. The number of methoxy groups -OCH3 is 1. The van der Waals surface area contributed by atoms with Crippen LogP contribution < -0.4 is 4.90 Å². The first-order chi connectivity index (χ1) is 16.0. The van der Waals surface area contributed by atoms with E-state index in [4.69, 9.17) is 16.3 Å². The summed E-state index contributed by atoms with van der Waals surface area (Å²) in [6, 6.07) is 11.5. The Labute approximate surface area is 198 Å². The van der Waals surface area contributed by atoms with E-state index in [0.29, 0.717) is 36.1 Å². The number of carbonyl (C=O) groups excluding carboxylic acids is 2. The summed E-state index contributed by atoms with van der Waals surface area (Å²) in [5.41, 5.74) is 2.55. The minimum Gasteiger partial charge on any atom is -0.469 e. The Morgan fingerprint density at radius 3 is 2.79 bits per heavy atom. The summed E-state index contributed by atoms with van der Waals surface area (Å²) >= 11 is 5.99. The van der Waals surface area contributed by atoms with Crippen molar-refractivity contribution in [2.24, 2.45) is 17.8 Å². The molecular weight excluding hydrogens is 442 g/mol. The highest BCUT2D eigenvalue weighted by atomic mass is 35.5. The van der Waals surface area contributed by atoms with E-state index in [0.717, 1.165) is 30.6 Å². The number of pyridine rings is 1. The Hall–Kier alpha value is -2.48. The smallest absolute Gasteiger partial charge is 0.311 e. The van der Waals surface area contributed by atoms with Crippen LogP contribution in [-0.2, 0) is 14.3 Å². The van der Waals surface area contributed by atoms with Crippen LogP contribution in [0.1, 0.15) is 37.3 Å². The summed E-state index contributed by atoms with van der Waals surface area (Å²) in [6.07, 6.45) is 3.55. The third-order valence-electron chi connectivity index (χ3n) is 7.56. The fourth-order valence-electron chi connectivity index (χ4n) is 6.04. The molecular formula is C25H28ClN3O4. The van der Waals surface area contributed by atoms with Crippen LogP contribution in [0.3, 0.4) is 0 Å². The number of hydrogen-bond acceptors (Lipinski definition) is 6. The normalized spacial score (nSPS) is 29.8. The van der Waals surface area contributed by atoms with E-state index in [2.05, 4.69) is 16.0 Å². The van der Waals surface area contributed by atoms with Gasteiger partial charge in [0.25, 0.3) is 0 Å². The maximum atomic E-state index is 13.3. The highest BCUT2D eigenvalue weighted by Crippen LogP contribution is 2.49. The summed E-state index contributed by atoms with van der Waals surface area (Å²) in [5.74, 6) is -0.484. The predicted molar refractivity (Wildman–Crippen MR) is 124 cm³/mol. The van der Waals surface area contributed by atoms with Crippen molar-refractivity contribution in [1.29, 1.82) is 0 Å². The first kappa shape index (κ1) is 22.3. The molecule has 1 saturated heterocycles. The van der Waals surface area contributed by atoms with Crippen LogP contribution in [0.25, 0.3) is 0 Å². The van der Waals surface area contributed by atoms with Gasteiger partial charge in [-0.25, -0.2) is 4.98 Å². The zero-order valence-electron chi connectivity index (χ0n) is 18.6. The molecule has 0 unspecified atom stereocenters. The number of para-hydroxylation sites is 1. The Morgan fingerprint density at radius 1 is 1.21 bits per heavy atom. The molecule has 1 aromatic carbocycles. The maximum Gasteiger partial charge on any atom is 0.311 e. The number of fused-ring (bicyclic) bond motifs is 4. The minimum absolute atomic E-state index is 0.0126. The van der Waals surface area contributed by atoms with Gasteiger partial charge in [-0.3, -0.25) is 19.4 Å². The third kappa shape index (κ3) is 4.03. The van der Waals surface area contributed by atoms with Crippen molar-refractivity contribution in [1.82, 2.24) is 9.88 Å². The number of ether oxygens (including phenoxy) is 1. The van der Waals surface area contributed by atoms with Crippen LogP contribution >= 0.6 is 11.6 Å². The average molecular weight is 470 g/mol. The maximum absolute atomic E-state index is 13.3. The number of aliphatic hydroxyl groups is 1. The van der Waals surface area contributed by atoms with Gasteiger partial charge in [-0.05, 0) is 54.9 Å². The molecule has 0 bridgehead atoms. The van der Waals surface area contributed by atoms with Gasteiger partial charge in [-0.1, -0.05) is 29.8 Å². The monoisotopic (exact) mass is 469 g/mol. The zero-order chi connectivity index (χ0) is 23.1. The first-order valence-electron chi connectivity index (χ1n) is 11.5. The van der Waals surface area contributed by atoms with Crippen molar-refractivity contribution < 1.29 is 19.4 Å². The standard InChI is InChI=1S/C25H28ClN3O4/c1-33-25(32)24-18-12-20-17-4-2-3-5-19(17)29(16-7-9-22(26)27-13-16)23(31)10-11-28(20)14-15(18)6-8-21(24)30/h2-5,7,9,13,15,18,20-21,24,30H,6,8,10-12,14H2,1H3/t15-,18-,20-,21-,24+/m0/s1. The number of benzene rings is 1. The highest BCUT2D eigenvalue weighted by Gasteiger charge is 2.49. The van der Waals surface area contributed by atoms with E-state index in [9.17, 15) is 14.7 Å². The quantitative estimate of drug-likeness (QED) is 0.533. The van der Waals surface area contributed by atoms with Crippen LogP contribution in [0.5, 0.6) is 0 Å². The molecule has 1 amide bonds. The number of aliphatic hydroxyl groups excluding tert-OH is 1. The van der Waals surface area contributed by atoms with Crippen LogP contribution in [-0.4, -0.2) is 53.2 Å². The summed E-state index contributed by atoms with van der Waals surface area (Å²) in [6.45, 7) is 1.45. The number of anilines is 2. The lowest BCUT2D eigenvalue weighted by Crippen LogP contribution is -2.53. The van der Waals surface area contributed by atoms with E-state index in [1.165, 1.54) is 7.11 Å². The van der Waals surface area contributed by atoms with E-state index in [1.807, 2.05) is 24.3 Å². The van der Waals surface area contributed by atoms with Crippen LogP contribution in [0.15, 0.2) is 42.6 Å². The topological polar surface area (TPSA) is 83.0 Å². The first-order valence-corrected chi connectivity index (χ1v) is 11.9. The Balaban J connectivity index is 1.56. The van der Waals surface area contributed by atoms with Crippen molar-refractivity contribution in [3.63, 3.8) is 0 Å². The van der Waals surface area contributed by atoms with E-state index in [-0.39, 0.29) is 23.8 Å². The molecule has 1 saturated carbocycles. The summed E-state index contributed by atoms with van der Waals surface area (Å²) < 4.78 is 5.07. The predicted octanol–water partition coefficient (Wildman–Crippen LogP) is 3.73. The van der Waals surface area contributed by atoms with Gasteiger partial charge in [0.15, 0.2) is 0 Å². The highest BCUT2D eigenvalue weighted by molar-refractivity contribution is 6.29. The molecule has 0 radical (unpaired) electrons. The van der Waals surface area contributed by atoms with Crippen molar-refractivity contribution in [3.05, 3.63) is 53.3 Å². The second kappa shape index (κ2) is 9.05.